The molecular weight excluding hydrogens is 324 g/mol. The van der Waals surface area contributed by atoms with E-state index in [4.69, 9.17) is 16.1 Å². The Hall–Kier alpha value is -1.43. The minimum atomic E-state index is 0.613. The van der Waals surface area contributed by atoms with Gasteiger partial charge in [0, 0.05) is 29.7 Å². The van der Waals surface area contributed by atoms with Crippen LogP contribution in [0.2, 0.25) is 5.02 Å². The highest BCUT2D eigenvalue weighted by Gasteiger charge is 2.25. The average Bonchev–Trinajstić information content (AvgIpc) is 3.17. The van der Waals surface area contributed by atoms with Gasteiger partial charge in [-0.05, 0) is 64.0 Å². The van der Waals surface area contributed by atoms with Crippen molar-refractivity contribution < 1.29 is 4.52 Å². The minimum absolute atomic E-state index is 0.613. The molecule has 0 aliphatic carbocycles. The van der Waals surface area contributed by atoms with Crippen LogP contribution in [0.3, 0.4) is 0 Å². The van der Waals surface area contributed by atoms with Gasteiger partial charge in [-0.25, -0.2) is 0 Å². The van der Waals surface area contributed by atoms with Crippen molar-refractivity contribution in [2.75, 3.05) is 26.7 Å². The Kier molecular flexibility index (Phi) is 5.54. The third-order valence-electron chi connectivity index (χ3n) is 4.59. The summed E-state index contributed by atoms with van der Waals surface area (Å²) in [6.07, 6.45) is 1.27. The summed E-state index contributed by atoms with van der Waals surface area (Å²) in [4.78, 5) is 9.31. The number of halogens is 1. The van der Waals surface area contributed by atoms with Crippen LogP contribution in [0.25, 0.3) is 11.4 Å². The Bertz CT molecular complexity index is 655. The van der Waals surface area contributed by atoms with Crippen LogP contribution >= 0.6 is 11.6 Å². The SMILES string of the molecule is CC(C)N1CC[C@H](CN(C)Cc2nc(-c3ccc(Cl)cc3)no2)C1. The zero-order chi connectivity index (χ0) is 17.1. The molecule has 1 atom stereocenters. The van der Waals surface area contributed by atoms with Crippen molar-refractivity contribution >= 4 is 11.6 Å². The monoisotopic (exact) mass is 348 g/mol. The minimum Gasteiger partial charge on any atom is -0.338 e. The van der Waals surface area contributed by atoms with Crippen molar-refractivity contribution in [3.63, 3.8) is 0 Å². The first-order valence-corrected chi connectivity index (χ1v) is 8.90. The summed E-state index contributed by atoms with van der Waals surface area (Å²) in [5, 5.41) is 4.78. The van der Waals surface area contributed by atoms with Gasteiger partial charge in [0.1, 0.15) is 0 Å². The molecule has 0 radical (unpaired) electrons. The molecule has 1 fully saturated rings. The van der Waals surface area contributed by atoms with Crippen molar-refractivity contribution in [2.45, 2.75) is 32.9 Å². The van der Waals surface area contributed by atoms with E-state index in [0.29, 0.717) is 29.3 Å². The second kappa shape index (κ2) is 7.64. The third kappa shape index (κ3) is 4.35. The van der Waals surface area contributed by atoms with E-state index in [1.165, 1.54) is 19.5 Å². The normalized spacial score (nSPS) is 18.8. The van der Waals surface area contributed by atoms with Crippen LogP contribution < -0.4 is 0 Å². The number of benzene rings is 1. The molecule has 0 unspecified atom stereocenters. The van der Waals surface area contributed by atoms with E-state index >= 15 is 0 Å². The number of likely N-dealkylation sites (tertiary alicyclic amines) is 1. The van der Waals surface area contributed by atoms with Crippen molar-refractivity contribution in [3.05, 3.63) is 35.2 Å². The van der Waals surface area contributed by atoms with E-state index in [-0.39, 0.29) is 0 Å². The summed E-state index contributed by atoms with van der Waals surface area (Å²) in [5.41, 5.74) is 0.917. The molecule has 24 heavy (non-hydrogen) atoms. The molecule has 130 valence electrons. The molecule has 1 aliphatic rings. The van der Waals surface area contributed by atoms with E-state index < -0.39 is 0 Å². The van der Waals surface area contributed by atoms with Crippen LogP contribution in [0.5, 0.6) is 0 Å². The number of hydrogen-bond donors (Lipinski definition) is 0. The summed E-state index contributed by atoms with van der Waals surface area (Å²) in [5.74, 6) is 1.99. The molecule has 0 amide bonds. The molecule has 2 aromatic rings. The van der Waals surface area contributed by atoms with Crippen LogP contribution in [0.15, 0.2) is 28.8 Å². The maximum absolute atomic E-state index is 5.91. The van der Waals surface area contributed by atoms with Gasteiger partial charge in [0.15, 0.2) is 0 Å². The molecule has 0 N–H and O–H groups in total. The summed E-state index contributed by atoms with van der Waals surface area (Å²) < 4.78 is 5.40. The van der Waals surface area contributed by atoms with Crippen LogP contribution in [-0.4, -0.2) is 52.7 Å². The maximum atomic E-state index is 5.91. The maximum Gasteiger partial charge on any atom is 0.241 e. The molecule has 1 aliphatic heterocycles. The van der Waals surface area contributed by atoms with Gasteiger partial charge in [-0.3, -0.25) is 4.90 Å². The first-order valence-electron chi connectivity index (χ1n) is 8.52. The first kappa shape index (κ1) is 17.4. The molecule has 0 saturated carbocycles. The van der Waals surface area contributed by atoms with Gasteiger partial charge in [0.25, 0.3) is 0 Å². The second-order valence-corrected chi connectivity index (χ2v) is 7.40. The lowest BCUT2D eigenvalue weighted by molar-refractivity contribution is 0.218. The zero-order valence-corrected chi connectivity index (χ0v) is 15.3. The average molecular weight is 349 g/mol. The molecule has 1 aromatic carbocycles. The van der Waals surface area contributed by atoms with Gasteiger partial charge in [-0.1, -0.05) is 16.8 Å². The Morgan fingerprint density at radius 2 is 2.08 bits per heavy atom. The fraction of sp³-hybridized carbons (Fsp3) is 0.556. The summed E-state index contributed by atoms with van der Waals surface area (Å²) in [6, 6.07) is 8.11. The standard InChI is InChI=1S/C18H25ClN4O/c1-13(2)23-9-8-14(11-23)10-22(3)12-17-20-18(21-24-17)15-4-6-16(19)7-5-15/h4-7,13-14H,8-12H2,1-3H3/t14-/m1/s1. The molecule has 0 spiro atoms. The third-order valence-corrected chi connectivity index (χ3v) is 4.85. The Morgan fingerprint density at radius 1 is 1.33 bits per heavy atom. The Labute approximate surface area is 148 Å². The van der Waals surface area contributed by atoms with Crippen molar-refractivity contribution in [3.8, 4) is 11.4 Å². The molecule has 6 heteroatoms. The van der Waals surface area contributed by atoms with Crippen molar-refractivity contribution in [2.24, 2.45) is 5.92 Å². The second-order valence-electron chi connectivity index (χ2n) is 6.96. The van der Waals surface area contributed by atoms with Crippen molar-refractivity contribution in [1.82, 2.24) is 19.9 Å². The number of hydrogen-bond acceptors (Lipinski definition) is 5. The van der Waals surface area contributed by atoms with Gasteiger partial charge in [-0.15, -0.1) is 0 Å². The van der Waals surface area contributed by atoms with Crippen LogP contribution in [-0.2, 0) is 6.54 Å². The van der Waals surface area contributed by atoms with Crippen LogP contribution in [0, 0.1) is 5.92 Å². The van der Waals surface area contributed by atoms with Gasteiger partial charge < -0.3 is 9.42 Å². The van der Waals surface area contributed by atoms with Crippen LogP contribution in [0.1, 0.15) is 26.2 Å². The number of aromatic nitrogens is 2. The van der Waals surface area contributed by atoms with Gasteiger partial charge in [0.05, 0.1) is 6.54 Å². The van der Waals surface area contributed by atoms with E-state index in [9.17, 15) is 0 Å². The van der Waals surface area contributed by atoms with Gasteiger partial charge >= 0.3 is 0 Å². The summed E-state index contributed by atoms with van der Waals surface area (Å²) in [7, 11) is 2.12. The molecule has 1 saturated heterocycles. The topological polar surface area (TPSA) is 45.4 Å². The van der Waals surface area contributed by atoms with Crippen LogP contribution in [0.4, 0.5) is 0 Å². The quantitative estimate of drug-likeness (QED) is 0.798. The summed E-state index contributed by atoms with van der Waals surface area (Å²) >= 11 is 5.91. The number of nitrogens with zero attached hydrogens (tertiary/aromatic N) is 4. The number of rotatable bonds is 6. The predicted molar refractivity (Wildman–Crippen MR) is 95.9 cm³/mol. The lowest BCUT2D eigenvalue weighted by atomic mass is 10.1. The molecule has 2 heterocycles. The fourth-order valence-corrected chi connectivity index (χ4v) is 3.38. The predicted octanol–water partition coefficient (Wildman–Crippen LogP) is 3.55. The smallest absolute Gasteiger partial charge is 0.241 e. The highest BCUT2D eigenvalue weighted by atomic mass is 35.5. The van der Waals surface area contributed by atoms with Crippen molar-refractivity contribution in [1.29, 1.82) is 0 Å². The molecule has 1 aromatic heterocycles. The van der Waals surface area contributed by atoms with Gasteiger partial charge in [0.2, 0.25) is 11.7 Å². The summed E-state index contributed by atoms with van der Waals surface area (Å²) in [6.45, 7) is 8.66. The Morgan fingerprint density at radius 3 is 2.75 bits per heavy atom. The zero-order valence-electron chi connectivity index (χ0n) is 14.6. The Balaban J connectivity index is 1.54. The molecule has 5 nitrogen and oxygen atoms in total. The fourth-order valence-electron chi connectivity index (χ4n) is 3.25. The molecule has 3 rings (SSSR count). The van der Waals surface area contributed by atoms with E-state index in [1.54, 1.807) is 0 Å². The lowest BCUT2D eigenvalue weighted by Crippen LogP contribution is -2.31. The largest absolute Gasteiger partial charge is 0.338 e. The molecule has 0 bridgehead atoms. The van der Waals surface area contributed by atoms with E-state index in [1.807, 2.05) is 24.3 Å². The lowest BCUT2D eigenvalue weighted by Gasteiger charge is -2.22. The van der Waals surface area contributed by atoms with E-state index in [0.717, 1.165) is 18.0 Å². The first-order chi connectivity index (χ1) is 11.5. The van der Waals surface area contributed by atoms with E-state index in [2.05, 4.69) is 40.8 Å². The highest BCUT2D eigenvalue weighted by molar-refractivity contribution is 6.30. The van der Waals surface area contributed by atoms with Gasteiger partial charge in [-0.2, -0.15) is 4.98 Å². The molecular formula is C18H25ClN4O. The highest BCUT2D eigenvalue weighted by Crippen LogP contribution is 2.21.